The van der Waals surface area contributed by atoms with Gasteiger partial charge < -0.3 is 5.11 Å². The molecule has 74 valence electrons. The Labute approximate surface area is 91.7 Å². The number of benzene rings is 1. The predicted molar refractivity (Wildman–Crippen MR) is 60.3 cm³/mol. The van der Waals surface area contributed by atoms with Crippen molar-refractivity contribution in [1.29, 1.82) is 0 Å². The van der Waals surface area contributed by atoms with Crippen LogP contribution in [0.2, 0.25) is 0 Å². The number of thiol groups is 1. The highest BCUT2D eigenvalue weighted by atomic mass is 32.1. The summed E-state index contributed by atoms with van der Waals surface area (Å²) in [5.74, 6) is -0.559. The summed E-state index contributed by atoms with van der Waals surface area (Å²) in [5.41, 5.74) is 4.80. The highest BCUT2D eigenvalue weighted by Gasteiger charge is 2.08. The summed E-state index contributed by atoms with van der Waals surface area (Å²) in [6.45, 7) is 0. The quantitative estimate of drug-likeness (QED) is 0.327. The molecule has 1 amide bonds. The second-order valence-corrected chi connectivity index (χ2v) is 3.56. The van der Waals surface area contributed by atoms with E-state index < -0.39 is 5.91 Å². The maximum Gasteiger partial charge on any atom is 0.273 e. The number of hydrazine groups is 1. The Hall–Kier alpha value is -1.27. The third-order valence-electron chi connectivity index (χ3n) is 1.43. The molecule has 0 aliphatic heterocycles. The Kier molecular flexibility index (Phi) is 3.73. The molecule has 0 saturated heterocycles. The van der Waals surface area contributed by atoms with E-state index in [1.54, 1.807) is 12.1 Å². The zero-order chi connectivity index (χ0) is 10.6. The van der Waals surface area contributed by atoms with Crippen LogP contribution in [-0.4, -0.2) is 15.3 Å². The Morgan fingerprint density at radius 2 is 2.00 bits per heavy atom. The first-order valence-electron chi connectivity index (χ1n) is 3.68. The van der Waals surface area contributed by atoms with Gasteiger partial charge in [-0.15, -0.1) is 12.6 Å². The zero-order valence-corrected chi connectivity index (χ0v) is 8.73. The van der Waals surface area contributed by atoms with Crippen molar-refractivity contribution < 1.29 is 9.90 Å². The van der Waals surface area contributed by atoms with Crippen LogP contribution in [0.1, 0.15) is 10.4 Å². The van der Waals surface area contributed by atoms with Crippen molar-refractivity contribution in [2.75, 3.05) is 0 Å². The molecule has 0 aliphatic carbocycles. The summed E-state index contributed by atoms with van der Waals surface area (Å²) in [7, 11) is 0. The summed E-state index contributed by atoms with van der Waals surface area (Å²) in [6, 6.07) is 6.19. The average Bonchev–Trinajstić information content (AvgIpc) is 2.15. The lowest BCUT2D eigenvalue weighted by Crippen LogP contribution is -2.38. The highest BCUT2D eigenvalue weighted by molar-refractivity contribution is 8.11. The third-order valence-corrected chi connectivity index (χ3v) is 1.65. The summed E-state index contributed by atoms with van der Waals surface area (Å²) >= 11 is 8.33. The molecule has 0 bridgehead atoms. The first-order valence-corrected chi connectivity index (χ1v) is 4.54. The van der Waals surface area contributed by atoms with Crippen molar-refractivity contribution in [3.63, 3.8) is 0 Å². The molecule has 0 fully saturated rings. The highest BCUT2D eigenvalue weighted by Crippen LogP contribution is 2.14. The fourth-order valence-corrected chi connectivity index (χ4v) is 0.950. The maximum absolute atomic E-state index is 11.3. The zero-order valence-electron chi connectivity index (χ0n) is 7.02. The molecule has 0 radical (unpaired) electrons. The number of phenols is 1. The Morgan fingerprint density at radius 1 is 1.36 bits per heavy atom. The van der Waals surface area contributed by atoms with E-state index in [9.17, 15) is 9.90 Å². The molecule has 3 N–H and O–H groups in total. The van der Waals surface area contributed by atoms with Gasteiger partial charge in [0.25, 0.3) is 5.91 Å². The third kappa shape index (κ3) is 2.90. The van der Waals surface area contributed by atoms with Gasteiger partial charge in [-0.05, 0) is 12.1 Å². The summed E-state index contributed by atoms with van der Waals surface area (Å²) in [6.07, 6.45) is 0. The van der Waals surface area contributed by atoms with E-state index in [1.807, 2.05) is 0 Å². The Bertz CT molecular complexity index is 368. The van der Waals surface area contributed by atoms with E-state index in [-0.39, 0.29) is 15.6 Å². The van der Waals surface area contributed by atoms with Crippen molar-refractivity contribution in [1.82, 2.24) is 10.9 Å². The van der Waals surface area contributed by atoms with Crippen LogP contribution in [0.25, 0.3) is 0 Å². The first-order chi connectivity index (χ1) is 6.61. The summed E-state index contributed by atoms with van der Waals surface area (Å²) in [5, 5.41) is 9.31. The molecule has 6 heteroatoms. The van der Waals surface area contributed by atoms with Crippen LogP contribution in [0.15, 0.2) is 24.3 Å². The molecule has 1 aromatic rings. The van der Waals surface area contributed by atoms with Crippen LogP contribution in [0.3, 0.4) is 0 Å². The van der Waals surface area contributed by atoms with Gasteiger partial charge in [0, 0.05) is 0 Å². The number of para-hydroxylation sites is 1. The van der Waals surface area contributed by atoms with Gasteiger partial charge in [0.15, 0.2) is 0 Å². The predicted octanol–water partition coefficient (Wildman–Crippen LogP) is 0.841. The molecule has 0 aromatic heterocycles. The van der Waals surface area contributed by atoms with Crippen LogP contribution >= 0.6 is 24.8 Å². The van der Waals surface area contributed by atoms with Crippen molar-refractivity contribution in [2.24, 2.45) is 0 Å². The second-order valence-electron chi connectivity index (χ2n) is 2.40. The van der Waals surface area contributed by atoms with Crippen LogP contribution in [0.4, 0.5) is 0 Å². The van der Waals surface area contributed by atoms with Crippen LogP contribution in [0.5, 0.6) is 5.75 Å². The number of aromatic hydroxyl groups is 1. The van der Waals surface area contributed by atoms with Crippen molar-refractivity contribution in [3.8, 4) is 5.75 Å². The molecule has 4 nitrogen and oxygen atoms in total. The van der Waals surface area contributed by atoms with Gasteiger partial charge in [-0.1, -0.05) is 24.4 Å². The molecule has 0 unspecified atom stereocenters. The van der Waals surface area contributed by atoms with Crippen molar-refractivity contribution in [3.05, 3.63) is 29.8 Å². The van der Waals surface area contributed by atoms with Gasteiger partial charge in [0.1, 0.15) is 10.1 Å². The van der Waals surface area contributed by atoms with Gasteiger partial charge in [-0.3, -0.25) is 15.6 Å². The molecule has 0 saturated carbocycles. The van der Waals surface area contributed by atoms with Crippen LogP contribution < -0.4 is 10.9 Å². The van der Waals surface area contributed by atoms with Crippen LogP contribution in [-0.2, 0) is 0 Å². The minimum atomic E-state index is -0.473. The molecule has 1 aromatic carbocycles. The SMILES string of the molecule is O=C(NNC(=S)S)c1ccccc1O. The number of rotatable bonds is 1. The molecule has 0 spiro atoms. The van der Waals surface area contributed by atoms with E-state index in [4.69, 9.17) is 0 Å². The molecule has 1 rings (SSSR count). The fourth-order valence-electron chi connectivity index (χ4n) is 0.843. The van der Waals surface area contributed by atoms with E-state index >= 15 is 0 Å². The minimum absolute atomic E-state index is 0.0862. The Balaban J connectivity index is 2.70. The first kappa shape index (κ1) is 10.8. The molecular weight excluding hydrogens is 220 g/mol. The maximum atomic E-state index is 11.3. The topological polar surface area (TPSA) is 61.4 Å². The van der Waals surface area contributed by atoms with Crippen LogP contribution in [0, 0.1) is 0 Å². The molecule has 0 heterocycles. The lowest BCUT2D eigenvalue weighted by atomic mass is 10.2. The number of phenolic OH excluding ortho intramolecular Hbond substituents is 1. The normalized spacial score (nSPS) is 9.21. The van der Waals surface area contributed by atoms with E-state index in [2.05, 4.69) is 35.7 Å². The summed E-state index contributed by atoms with van der Waals surface area (Å²) < 4.78 is 0.147. The molecule has 14 heavy (non-hydrogen) atoms. The number of thiocarbonyl (C=S) groups is 1. The van der Waals surface area contributed by atoms with Crippen molar-refractivity contribution in [2.45, 2.75) is 0 Å². The van der Waals surface area contributed by atoms with Crippen molar-refractivity contribution >= 4 is 35.1 Å². The second kappa shape index (κ2) is 4.83. The van der Waals surface area contributed by atoms with Gasteiger partial charge >= 0.3 is 0 Å². The minimum Gasteiger partial charge on any atom is -0.507 e. The molecule has 0 atom stereocenters. The lowest BCUT2D eigenvalue weighted by molar-refractivity contribution is 0.0942. The molecule has 0 aliphatic rings. The monoisotopic (exact) mass is 228 g/mol. The number of carbonyl (C=O) groups is 1. The standard InChI is InChI=1S/C8H8N2O2S2/c11-6-4-2-1-3-5(6)7(12)9-10-8(13)14/h1-4,11H,(H,9,12)(H2,10,13,14). The van der Waals surface area contributed by atoms with Gasteiger partial charge in [-0.25, -0.2) is 0 Å². The number of hydrogen-bond acceptors (Lipinski definition) is 3. The number of nitrogens with one attached hydrogen (secondary N) is 2. The lowest BCUT2D eigenvalue weighted by Gasteiger charge is -2.06. The van der Waals surface area contributed by atoms with Gasteiger partial charge in [0.2, 0.25) is 0 Å². The van der Waals surface area contributed by atoms with E-state index in [0.717, 1.165) is 0 Å². The van der Waals surface area contributed by atoms with E-state index in [1.165, 1.54) is 12.1 Å². The van der Waals surface area contributed by atoms with Gasteiger partial charge in [-0.2, -0.15) is 0 Å². The largest absolute Gasteiger partial charge is 0.507 e. The number of amides is 1. The number of carbonyl (C=O) groups excluding carboxylic acids is 1. The number of hydrogen-bond donors (Lipinski definition) is 4. The summed E-state index contributed by atoms with van der Waals surface area (Å²) in [4.78, 5) is 11.3. The average molecular weight is 228 g/mol. The van der Waals surface area contributed by atoms with Gasteiger partial charge in [0.05, 0.1) is 5.56 Å². The fraction of sp³-hybridized carbons (Fsp3) is 0. The Morgan fingerprint density at radius 3 is 2.57 bits per heavy atom. The smallest absolute Gasteiger partial charge is 0.273 e. The molecular formula is C8H8N2O2S2. The van der Waals surface area contributed by atoms with E-state index in [0.29, 0.717) is 0 Å².